The molecule has 4 rings (SSSR count). The van der Waals surface area contributed by atoms with Crippen molar-refractivity contribution in [3.8, 4) is 11.3 Å². The Kier molecular flexibility index (Phi) is 3.11. The Bertz CT molecular complexity index is 782. The molecule has 1 saturated carbocycles. The molecular formula is C17H17N3S. The number of hydrogen-bond donors (Lipinski definition) is 1. The lowest BCUT2D eigenvalue weighted by atomic mass is 10.1. The zero-order valence-electron chi connectivity index (χ0n) is 11.7. The van der Waals surface area contributed by atoms with Crippen molar-refractivity contribution in [3.63, 3.8) is 0 Å². The van der Waals surface area contributed by atoms with Gasteiger partial charge in [-0.2, -0.15) is 0 Å². The SMILES string of the molecule is Nc1sc(C2CCCC2)nc1-c1cncc2ccccc12. The lowest BCUT2D eigenvalue weighted by Gasteiger charge is -2.05. The fourth-order valence-electron chi connectivity index (χ4n) is 3.19. The van der Waals surface area contributed by atoms with Crippen molar-refractivity contribution in [2.45, 2.75) is 31.6 Å². The van der Waals surface area contributed by atoms with Crippen LogP contribution < -0.4 is 5.73 Å². The summed E-state index contributed by atoms with van der Waals surface area (Å²) in [5.74, 6) is 0.606. The Labute approximate surface area is 127 Å². The van der Waals surface area contributed by atoms with Gasteiger partial charge in [-0.05, 0) is 18.2 Å². The van der Waals surface area contributed by atoms with Gasteiger partial charge in [0.25, 0.3) is 0 Å². The van der Waals surface area contributed by atoms with E-state index in [4.69, 9.17) is 10.7 Å². The van der Waals surface area contributed by atoms with Crippen LogP contribution in [0.4, 0.5) is 5.00 Å². The molecule has 2 N–H and O–H groups in total. The van der Waals surface area contributed by atoms with Crippen molar-refractivity contribution >= 4 is 27.1 Å². The molecule has 0 bridgehead atoms. The lowest BCUT2D eigenvalue weighted by Crippen LogP contribution is -1.92. The summed E-state index contributed by atoms with van der Waals surface area (Å²) in [4.78, 5) is 9.21. The molecule has 106 valence electrons. The summed E-state index contributed by atoms with van der Waals surface area (Å²) < 4.78 is 0. The summed E-state index contributed by atoms with van der Waals surface area (Å²) in [6, 6.07) is 8.26. The van der Waals surface area contributed by atoms with Crippen LogP contribution in [0, 0.1) is 0 Å². The third-order valence-corrected chi connectivity index (χ3v) is 5.34. The van der Waals surface area contributed by atoms with E-state index in [-0.39, 0.29) is 0 Å². The lowest BCUT2D eigenvalue weighted by molar-refractivity contribution is 0.717. The minimum absolute atomic E-state index is 0.606. The first-order valence-electron chi connectivity index (χ1n) is 7.42. The van der Waals surface area contributed by atoms with E-state index in [0.29, 0.717) is 5.92 Å². The molecule has 1 aliphatic carbocycles. The van der Waals surface area contributed by atoms with Gasteiger partial charge >= 0.3 is 0 Å². The second-order valence-corrected chi connectivity index (χ2v) is 6.72. The third-order valence-electron chi connectivity index (χ3n) is 4.30. The summed E-state index contributed by atoms with van der Waals surface area (Å²) in [5.41, 5.74) is 8.22. The van der Waals surface area contributed by atoms with E-state index in [1.54, 1.807) is 11.3 Å². The zero-order valence-corrected chi connectivity index (χ0v) is 12.6. The van der Waals surface area contributed by atoms with E-state index >= 15 is 0 Å². The van der Waals surface area contributed by atoms with Crippen molar-refractivity contribution < 1.29 is 0 Å². The number of nitrogen functional groups attached to an aromatic ring is 1. The van der Waals surface area contributed by atoms with E-state index in [9.17, 15) is 0 Å². The van der Waals surface area contributed by atoms with E-state index in [2.05, 4.69) is 17.1 Å². The van der Waals surface area contributed by atoms with Gasteiger partial charge in [0.15, 0.2) is 0 Å². The normalized spacial score (nSPS) is 15.8. The summed E-state index contributed by atoms with van der Waals surface area (Å²) in [6.45, 7) is 0. The Balaban J connectivity index is 1.85. The molecule has 0 amide bonds. The number of anilines is 1. The van der Waals surface area contributed by atoms with Crippen LogP contribution in [0.15, 0.2) is 36.7 Å². The maximum atomic E-state index is 6.26. The highest BCUT2D eigenvalue weighted by Gasteiger charge is 2.23. The van der Waals surface area contributed by atoms with E-state index in [0.717, 1.165) is 21.6 Å². The summed E-state index contributed by atoms with van der Waals surface area (Å²) in [7, 11) is 0. The monoisotopic (exact) mass is 295 g/mol. The summed E-state index contributed by atoms with van der Waals surface area (Å²) >= 11 is 1.65. The van der Waals surface area contributed by atoms with Crippen LogP contribution in [0.3, 0.4) is 0 Å². The molecule has 0 atom stereocenters. The van der Waals surface area contributed by atoms with Crippen molar-refractivity contribution in [1.29, 1.82) is 0 Å². The van der Waals surface area contributed by atoms with E-state index in [1.807, 2.05) is 24.5 Å². The fraction of sp³-hybridized carbons (Fsp3) is 0.294. The number of rotatable bonds is 2. The summed E-state index contributed by atoms with van der Waals surface area (Å²) in [5, 5.41) is 4.32. The van der Waals surface area contributed by atoms with Gasteiger partial charge in [-0.25, -0.2) is 4.98 Å². The van der Waals surface area contributed by atoms with Crippen LogP contribution >= 0.6 is 11.3 Å². The van der Waals surface area contributed by atoms with Gasteiger partial charge in [0.2, 0.25) is 0 Å². The average molecular weight is 295 g/mol. The number of thiazole rings is 1. The predicted octanol–water partition coefficient (Wildman–Crippen LogP) is 4.60. The minimum atomic E-state index is 0.606. The highest BCUT2D eigenvalue weighted by Crippen LogP contribution is 2.41. The third kappa shape index (κ3) is 2.20. The Hall–Kier alpha value is -1.94. The largest absolute Gasteiger partial charge is 0.389 e. The van der Waals surface area contributed by atoms with Gasteiger partial charge in [0, 0.05) is 29.3 Å². The maximum Gasteiger partial charge on any atom is 0.114 e. The van der Waals surface area contributed by atoms with Crippen molar-refractivity contribution in [3.05, 3.63) is 41.7 Å². The van der Waals surface area contributed by atoms with Gasteiger partial charge in [-0.1, -0.05) is 37.1 Å². The number of pyridine rings is 1. The second-order valence-electron chi connectivity index (χ2n) is 5.65. The first-order chi connectivity index (χ1) is 10.3. The Morgan fingerprint density at radius 3 is 2.76 bits per heavy atom. The van der Waals surface area contributed by atoms with E-state index in [1.165, 1.54) is 36.1 Å². The molecule has 0 radical (unpaired) electrons. The van der Waals surface area contributed by atoms with Crippen molar-refractivity contribution in [2.75, 3.05) is 5.73 Å². The molecule has 1 aromatic carbocycles. The fourth-order valence-corrected chi connectivity index (χ4v) is 4.21. The first-order valence-corrected chi connectivity index (χ1v) is 8.24. The first kappa shape index (κ1) is 12.8. The van der Waals surface area contributed by atoms with Crippen molar-refractivity contribution in [2.24, 2.45) is 0 Å². The molecule has 0 spiro atoms. The molecule has 3 aromatic rings. The summed E-state index contributed by atoms with van der Waals surface area (Å²) in [6.07, 6.45) is 8.90. The molecule has 3 nitrogen and oxygen atoms in total. The topological polar surface area (TPSA) is 51.8 Å². The minimum Gasteiger partial charge on any atom is -0.389 e. The molecule has 0 unspecified atom stereocenters. The molecule has 1 aliphatic rings. The van der Waals surface area contributed by atoms with Crippen LogP contribution in [-0.2, 0) is 0 Å². The molecule has 0 aliphatic heterocycles. The number of hydrogen-bond acceptors (Lipinski definition) is 4. The van der Waals surface area contributed by atoms with Gasteiger partial charge in [-0.3, -0.25) is 4.98 Å². The highest BCUT2D eigenvalue weighted by atomic mass is 32.1. The quantitative estimate of drug-likeness (QED) is 0.751. The maximum absolute atomic E-state index is 6.26. The number of benzene rings is 1. The second kappa shape index (κ2) is 5.11. The smallest absolute Gasteiger partial charge is 0.114 e. The molecular weight excluding hydrogens is 278 g/mol. The standard InChI is InChI=1S/C17H17N3S/c18-16-15(20-17(21-16)11-5-1-2-6-11)14-10-19-9-12-7-3-4-8-13(12)14/h3-4,7-11H,1-2,5-6,18H2. The number of nitrogens with two attached hydrogens (primary N) is 1. The molecule has 1 fully saturated rings. The van der Waals surface area contributed by atoms with Gasteiger partial charge in [0.1, 0.15) is 10.7 Å². The number of fused-ring (bicyclic) bond motifs is 1. The molecule has 0 saturated heterocycles. The van der Waals surface area contributed by atoms with Crippen LogP contribution in [0.1, 0.15) is 36.6 Å². The van der Waals surface area contributed by atoms with Crippen molar-refractivity contribution in [1.82, 2.24) is 9.97 Å². The number of aromatic nitrogens is 2. The molecule has 2 heterocycles. The van der Waals surface area contributed by atoms with Crippen LogP contribution in [0.25, 0.3) is 22.0 Å². The molecule has 21 heavy (non-hydrogen) atoms. The average Bonchev–Trinajstić information content (AvgIpc) is 3.16. The Morgan fingerprint density at radius 1 is 1.10 bits per heavy atom. The molecule has 2 aromatic heterocycles. The Morgan fingerprint density at radius 2 is 1.90 bits per heavy atom. The van der Waals surface area contributed by atoms with Gasteiger partial charge in [-0.15, -0.1) is 11.3 Å². The van der Waals surface area contributed by atoms with Gasteiger partial charge < -0.3 is 5.73 Å². The highest BCUT2D eigenvalue weighted by molar-refractivity contribution is 7.16. The van der Waals surface area contributed by atoms with Crippen LogP contribution in [0.2, 0.25) is 0 Å². The van der Waals surface area contributed by atoms with Crippen LogP contribution in [0.5, 0.6) is 0 Å². The number of nitrogens with zero attached hydrogens (tertiary/aromatic N) is 2. The van der Waals surface area contributed by atoms with E-state index < -0.39 is 0 Å². The predicted molar refractivity (Wildman–Crippen MR) is 88.5 cm³/mol. The zero-order chi connectivity index (χ0) is 14.2. The van der Waals surface area contributed by atoms with Gasteiger partial charge in [0.05, 0.1) is 5.01 Å². The van der Waals surface area contributed by atoms with Crippen LogP contribution in [-0.4, -0.2) is 9.97 Å². The molecule has 4 heteroatoms.